The van der Waals surface area contributed by atoms with Crippen LogP contribution in [0.5, 0.6) is 0 Å². The summed E-state index contributed by atoms with van der Waals surface area (Å²) in [5.41, 5.74) is 2.26. The van der Waals surface area contributed by atoms with Gasteiger partial charge >= 0.3 is 0 Å². The van der Waals surface area contributed by atoms with Gasteiger partial charge in [-0.1, -0.05) is 6.92 Å². The van der Waals surface area contributed by atoms with Gasteiger partial charge in [0.2, 0.25) is 0 Å². The molecule has 0 amide bonds. The number of aromatic nitrogens is 2. The average molecular weight is 249 g/mol. The standard InChI is InChI=1S/C14H23N3O/c1-9-6-7-17(8-13(9)18-5)14-10(2)11(3)15-12(4)16-14/h9,13H,6-8H2,1-5H3. The number of nitrogens with zero attached hydrogens (tertiary/aromatic N) is 3. The minimum atomic E-state index is 0.300. The summed E-state index contributed by atoms with van der Waals surface area (Å²) in [6.07, 6.45) is 1.45. The summed E-state index contributed by atoms with van der Waals surface area (Å²) in [6.45, 7) is 10.3. The highest BCUT2D eigenvalue weighted by Gasteiger charge is 2.27. The van der Waals surface area contributed by atoms with Gasteiger partial charge in [0, 0.05) is 31.5 Å². The van der Waals surface area contributed by atoms with Crippen molar-refractivity contribution in [3.05, 3.63) is 17.1 Å². The van der Waals surface area contributed by atoms with Gasteiger partial charge in [-0.05, 0) is 33.1 Å². The molecule has 0 aliphatic carbocycles. The van der Waals surface area contributed by atoms with Crippen LogP contribution in [0.1, 0.15) is 30.4 Å². The van der Waals surface area contributed by atoms with Gasteiger partial charge < -0.3 is 9.64 Å². The Morgan fingerprint density at radius 3 is 2.61 bits per heavy atom. The van der Waals surface area contributed by atoms with Crippen molar-refractivity contribution in [1.82, 2.24) is 9.97 Å². The van der Waals surface area contributed by atoms with Crippen molar-refractivity contribution in [3.63, 3.8) is 0 Å². The predicted molar refractivity (Wildman–Crippen MR) is 73.0 cm³/mol. The van der Waals surface area contributed by atoms with Crippen LogP contribution in [0.15, 0.2) is 0 Å². The van der Waals surface area contributed by atoms with E-state index >= 15 is 0 Å². The third kappa shape index (κ3) is 2.48. The highest BCUT2D eigenvalue weighted by Crippen LogP contribution is 2.26. The molecule has 0 spiro atoms. The number of hydrogen-bond acceptors (Lipinski definition) is 4. The molecule has 18 heavy (non-hydrogen) atoms. The zero-order valence-electron chi connectivity index (χ0n) is 12.0. The van der Waals surface area contributed by atoms with E-state index in [-0.39, 0.29) is 0 Å². The van der Waals surface area contributed by atoms with Gasteiger partial charge in [-0.2, -0.15) is 0 Å². The van der Waals surface area contributed by atoms with E-state index in [0.29, 0.717) is 12.0 Å². The first kappa shape index (κ1) is 13.3. The summed E-state index contributed by atoms with van der Waals surface area (Å²) in [5, 5.41) is 0. The molecule has 1 fully saturated rings. The maximum atomic E-state index is 5.57. The van der Waals surface area contributed by atoms with Crippen LogP contribution in [0.2, 0.25) is 0 Å². The third-order valence-electron chi connectivity index (χ3n) is 3.97. The zero-order valence-corrected chi connectivity index (χ0v) is 12.0. The molecule has 2 unspecified atom stereocenters. The summed E-state index contributed by atoms with van der Waals surface area (Å²) in [5.74, 6) is 2.55. The van der Waals surface area contributed by atoms with Crippen LogP contribution in [0.25, 0.3) is 0 Å². The van der Waals surface area contributed by atoms with Gasteiger partial charge in [0.1, 0.15) is 11.6 Å². The van der Waals surface area contributed by atoms with E-state index < -0.39 is 0 Å². The normalized spacial score (nSPS) is 24.4. The van der Waals surface area contributed by atoms with Crippen LogP contribution in [-0.2, 0) is 4.74 Å². The summed E-state index contributed by atoms with van der Waals surface area (Å²) in [6, 6.07) is 0. The SMILES string of the molecule is COC1CN(c2nc(C)nc(C)c2C)CCC1C. The van der Waals surface area contributed by atoms with E-state index in [2.05, 4.69) is 28.7 Å². The average Bonchev–Trinajstić information content (AvgIpc) is 2.34. The van der Waals surface area contributed by atoms with Gasteiger partial charge in [-0.25, -0.2) is 9.97 Å². The molecule has 2 atom stereocenters. The largest absolute Gasteiger partial charge is 0.379 e. The molecule has 1 aromatic heterocycles. The summed E-state index contributed by atoms with van der Waals surface area (Å²) < 4.78 is 5.57. The van der Waals surface area contributed by atoms with Crippen LogP contribution >= 0.6 is 0 Å². The van der Waals surface area contributed by atoms with Gasteiger partial charge in [0.15, 0.2) is 0 Å². The number of anilines is 1. The van der Waals surface area contributed by atoms with Gasteiger partial charge in [0.25, 0.3) is 0 Å². The van der Waals surface area contributed by atoms with Crippen molar-refractivity contribution >= 4 is 5.82 Å². The number of hydrogen-bond donors (Lipinski definition) is 0. The second-order valence-corrected chi connectivity index (χ2v) is 5.29. The molecule has 2 rings (SSSR count). The summed E-state index contributed by atoms with van der Waals surface area (Å²) >= 11 is 0. The highest BCUT2D eigenvalue weighted by atomic mass is 16.5. The van der Waals surface area contributed by atoms with Crippen molar-refractivity contribution < 1.29 is 4.74 Å². The second-order valence-electron chi connectivity index (χ2n) is 5.29. The Balaban J connectivity index is 2.27. The van der Waals surface area contributed by atoms with Gasteiger partial charge in [0.05, 0.1) is 6.10 Å². The molecule has 100 valence electrons. The molecule has 1 aliphatic rings. The molecule has 0 N–H and O–H groups in total. The lowest BCUT2D eigenvalue weighted by atomic mass is 9.95. The van der Waals surface area contributed by atoms with Crippen molar-refractivity contribution in [2.75, 3.05) is 25.1 Å². The molecular formula is C14H23N3O. The molecule has 4 nitrogen and oxygen atoms in total. The van der Waals surface area contributed by atoms with Crippen LogP contribution in [0.3, 0.4) is 0 Å². The molecular weight excluding hydrogens is 226 g/mol. The highest BCUT2D eigenvalue weighted by molar-refractivity contribution is 5.48. The Bertz CT molecular complexity index is 433. The Morgan fingerprint density at radius 2 is 1.94 bits per heavy atom. The fourth-order valence-electron chi connectivity index (χ4n) is 2.59. The fourth-order valence-corrected chi connectivity index (χ4v) is 2.59. The molecule has 1 aliphatic heterocycles. The topological polar surface area (TPSA) is 38.2 Å². The van der Waals surface area contributed by atoms with Crippen LogP contribution in [-0.4, -0.2) is 36.3 Å². The first-order chi connectivity index (χ1) is 8.52. The van der Waals surface area contributed by atoms with E-state index in [1.54, 1.807) is 7.11 Å². The first-order valence-electron chi connectivity index (χ1n) is 6.62. The molecule has 0 saturated carbocycles. The van der Waals surface area contributed by atoms with E-state index in [4.69, 9.17) is 4.74 Å². The number of methoxy groups -OCH3 is 1. The van der Waals surface area contributed by atoms with E-state index in [1.807, 2.05) is 13.8 Å². The van der Waals surface area contributed by atoms with E-state index in [0.717, 1.165) is 36.8 Å². The minimum Gasteiger partial charge on any atom is -0.379 e. The number of rotatable bonds is 2. The molecule has 4 heteroatoms. The Morgan fingerprint density at radius 1 is 1.22 bits per heavy atom. The predicted octanol–water partition coefficient (Wildman–Crippen LogP) is 2.26. The summed E-state index contributed by atoms with van der Waals surface area (Å²) in [7, 11) is 1.80. The maximum Gasteiger partial charge on any atom is 0.135 e. The Kier molecular flexibility index (Phi) is 3.85. The molecule has 0 bridgehead atoms. The molecule has 2 heterocycles. The maximum absolute atomic E-state index is 5.57. The molecule has 0 radical (unpaired) electrons. The van der Waals surface area contributed by atoms with Crippen molar-refractivity contribution in [3.8, 4) is 0 Å². The Hall–Kier alpha value is -1.16. The minimum absolute atomic E-state index is 0.300. The zero-order chi connectivity index (χ0) is 13.3. The monoisotopic (exact) mass is 249 g/mol. The second kappa shape index (κ2) is 5.22. The number of ether oxygens (including phenoxy) is 1. The van der Waals surface area contributed by atoms with E-state index in [9.17, 15) is 0 Å². The smallest absolute Gasteiger partial charge is 0.135 e. The molecule has 1 saturated heterocycles. The fraction of sp³-hybridized carbons (Fsp3) is 0.714. The lowest BCUT2D eigenvalue weighted by Gasteiger charge is -2.37. The Labute approximate surface area is 109 Å². The van der Waals surface area contributed by atoms with Crippen LogP contribution < -0.4 is 4.90 Å². The quantitative estimate of drug-likeness (QED) is 0.806. The van der Waals surface area contributed by atoms with Crippen molar-refractivity contribution in [2.45, 2.75) is 40.2 Å². The van der Waals surface area contributed by atoms with Crippen molar-refractivity contribution in [2.24, 2.45) is 5.92 Å². The van der Waals surface area contributed by atoms with Crippen LogP contribution in [0.4, 0.5) is 5.82 Å². The number of aryl methyl sites for hydroxylation is 2. The lowest BCUT2D eigenvalue weighted by molar-refractivity contribution is 0.0496. The van der Waals surface area contributed by atoms with Crippen LogP contribution in [0, 0.1) is 26.7 Å². The lowest BCUT2D eigenvalue weighted by Crippen LogP contribution is -2.44. The molecule has 0 aromatic carbocycles. The molecule has 1 aromatic rings. The summed E-state index contributed by atoms with van der Waals surface area (Å²) in [4.78, 5) is 11.4. The first-order valence-corrected chi connectivity index (χ1v) is 6.62. The van der Waals surface area contributed by atoms with E-state index in [1.165, 1.54) is 5.56 Å². The number of piperidine rings is 1. The van der Waals surface area contributed by atoms with Gasteiger partial charge in [-0.15, -0.1) is 0 Å². The third-order valence-corrected chi connectivity index (χ3v) is 3.97. The van der Waals surface area contributed by atoms with Crippen molar-refractivity contribution in [1.29, 1.82) is 0 Å². The van der Waals surface area contributed by atoms with Gasteiger partial charge in [-0.3, -0.25) is 0 Å².